The standard InChI is InChI=1S/C16H22ClNOS/c1-3-15(20-14-8-6-13(17)7-9-14)16(19)18-10-4-5-12(2)11-18/h6-9,12,15H,3-5,10-11H2,1-2H3/t12-,15-/m0/s1. The first-order chi connectivity index (χ1) is 9.60. The van der Waals surface area contributed by atoms with Crippen LogP contribution < -0.4 is 0 Å². The van der Waals surface area contributed by atoms with E-state index in [4.69, 9.17) is 11.6 Å². The Bertz CT molecular complexity index is 448. The molecule has 2 rings (SSSR count). The van der Waals surface area contributed by atoms with Gasteiger partial charge in [-0.1, -0.05) is 25.4 Å². The number of halogens is 1. The van der Waals surface area contributed by atoms with E-state index in [0.717, 1.165) is 35.8 Å². The first kappa shape index (κ1) is 15.7. The smallest absolute Gasteiger partial charge is 0.236 e. The zero-order valence-electron chi connectivity index (χ0n) is 12.1. The molecule has 1 amide bonds. The molecule has 1 saturated heterocycles. The number of hydrogen-bond acceptors (Lipinski definition) is 2. The lowest BCUT2D eigenvalue weighted by molar-refractivity contribution is -0.132. The third kappa shape index (κ3) is 4.16. The van der Waals surface area contributed by atoms with Gasteiger partial charge in [-0.2, -0.15) is 0 Å². The monoisotopic (exact) mass is 311 g/mol. The molecule has 110 valence electrons. The molecule has 0 unspecified atom stereocenters. The van der Waals surface area contributed by atoms with Gasteiger partial charge in [0.2, 0.25) is 5.91 Å². The van der Waals surface area contributed by atoms with Crippen LogP contribution in [0.3, 0.4) is 0 Å². The van der Waals surface area contributed by atoms with Crippen LogP contribution in [-0.4, -0.2) is 29.1 Å². The van der Waals surface area contributed by atoms with Gasteiger partial charge >= 0.3 is 0 Å². The summed E-state index contributed by atoms with van der Waals surface area (Å²) < 4.78 is 0. The zero-order valence-corrected chi connectivity index (χ0v) is 13.7. The summed E-state index contributed by atoms with van der Waals surface area (Å²) >= 11 is 7.55. The highest BCUT2D eigenvalue weighted by atomic mass is 35.5. The molecular weight excluding hydrogens is 290 g/mol. The average Bonchev–Trinajstić information content (AvgIpc) is 2.46. The largest absolute Gasteiger partial charge is 0.341 e. The van der Waals surface area contributed by atoms with E-state index in [2.05, 4.69) is 13.8 Å². The van der Waals surface area contributed by atoms with Crippen LogP contribution in [0, 0.1) is 5.92 Å². The number of carbonyl (C=O) groups is 1. The maximum atomic E-state index is 12.6. The van der Waals surface area contributed by atoms with E-state index in [-0.39, 0.29) is 5.25 Å². The molecule has 2 atom stereocenters. The Hall–Kier alpha value is -0.670. The lowest BCUT2D eigenvalue weighted by Crippen LogP contribution is -2.43. The summed E-state index contributed by atoms with van der Waals surface area (Å²) in [7, 11) is 0. The molecule has 0 bridgehead atoms. The van der Waals surface area contributed by atoms with Crippen molar-refractivity contribution in [2.24, 2.45) is 5.92 Å². The predicted octanol–water partition coefficient (Wildman–Crippen LogP) is 4.47. The van der Waals surface area contributed by atoms with Gasteiger partial charge in [-0.3, -0.25) is 4.79 Å². The molecule has 0 N–H and O–H groups in total. The molecule has 20 heavy (non-hydrogen) atoms. The Kier molecular flexibility index (Phi) is 5.79. The lowest BCUT2D eigenvalue weighted by Gasteiger charge is -2.33. The number of carbonyl (C=O) groups excluding carboxylic acids is 1. The highest BCUT2D eigenvalue weighted by molar-refractivity contribution is 8.00. The van der Waals surface area contributed by atoms with E-state index < -0.39 is 0 Å². The van der Waals surface area contributed by atoms with Crippen molar-refractivity contribution in [1.82, 2.24) is 4.90 Å². The molecule has 0 aliphatic carbocycles. The molecule has 2 nitrogen and oxygen atoms in total. The molecule has 0 aromatic heterocycles. The second-order valence-electron chi connectivity index (χ2n) is 5.50. The quantitative estimate of drug-likeness (QED) is 0.765. The fourth-order valence-corrected chi connectivity index (χ4v) is 3.74. The molecule has 1 heterocycles. The highest BCUT2D eigenvalue weighted by Crippen LogP contribution is 2.29. The first-order valence-electron chi connectivity index (χ1n) is 7.31. The van der Waals surface area contributed by atoms with E-state index in [9.17, 15) is 4.79 Å². The van der Waals surface area contributed by atoms with Gasteiger partial charge in [0.05, 0.1) is 5.25 Å². The van der Waals surface area contributed by atoms with Crippen molar-refractivity contribution < 1.29 is 4.79 Å². The normalized spacial score (nSPS) is 20.8. The van der Waals surface area contributed by atoms with Gasteiger partial charge in [0.25, 0.3) is 0 Å². The van der Waals surface area contributed by atoms with Gasteiger partial charge in [0.1, 0.15) is 0 Å². The van der Waals surface area contributed by atoms with Crippen molar-refractivity contribution in [3.8, 4) is 0 Å². The van der Waals surface area contributed by atoms with Crippen molar-refractivity contribution in [1.29, 1.82) is 0 Å². The van der Waals surface area contributed by atoms with E-state index in [1.807, 2.05) is 29.2 Å². The van der Waals surface area contributed by atoms with E-state index in [1.165, 1.54) is 6.42 Å². The van der Waals surface area contributed by atoms with Crippen LogP contribution in [0.2, 0.25) is 5.02 Å². The number of thioether (sulfide) groups is 1. The van der Waals surface area contributed by atoms with Gasteiger partial charge in [0.15, 0.2) is 0 Å². The van der Waals surface area contributed by atoms with Gasteiger partial charge < -0.3 is 4.90 Å². The molecule has 1 aliphatic rings. The summed E-state index contributed by atoms with van der Waals surface area (Å²) in [6.07, 6.45) is 3.23. The molecule has 0 radical (unpaired) electrons. The number of nitrogens with zero attached hydrogens (tertiary/aromatic N) is 1. The zero-order chi connectivity index (χ0) is 14.5. The molecule has 1 aliphatic heterocycles. The summed E-state index contributed by atoms with van der Waals surface area (Å²) in [6.45, 7) is 6.14. The Balaban J connectivity index is 2.00. The number of benzene rings is 1. The Morgan fingerprint density at radius 3 is 2.75 bits per heavy atom. The van der Waals surface area contributed by atoms with Gasteiger partial charge in [-0.15, -0.1) is 11.8 Å². The SMILES string of the molecule is CC[C@H](Sc1ccc(Cl)cc1)C(=O)N1CCC[C@H](C)C1. The van der Waals surface area contributed by atoms with Crippen molar-refractivity contribution >= 4 is 29.3 Å². The van der Waals surface area contributed by atoms with Crippen LogP contribution >= 0.6 is 23.4 Å². The molecule has 1 aromatic carbocycles. The molecular formula is C16H22ClNOS. The van der Waals surface area contributed by atoms with Crippen molar-refractivity contribution in [3.63, 3.8) is 0 Å². The van der Waals surface area contributed by atoms with Gasteiger partial charge in [0, 0.05) is 23.0 Å². The Labute approximate surface area is 130 Å². The molecule has 1 fully saturated rings. The van der Waals surface area contributed by atoms with Crippen LogP contribution in [0.25, 0.3) is 0 Å². The number of hydrogen-bond donors (Lipinski definition) is 0. The van der Waals surface area contributed by atoms with Crippen LogP contribution in [0.15, 0.2) is 29.2 Å². The van der Waals surface area contributed by atoms with Gasteiger partial charge in [-0.25, -0.2) is 0 Å². The molecule has 0 saturated carbocycles. The fraction of sp³-hybridized carbons (Fsp3) is 0.562. The average molecular weight is 312 g/mol. The lowest BCUT2D eigenvalue weighted by atomic mass is 10.00. The topological polar surface area (TPSA) is 20.3 Å². The number of rotatable bonds is 4. The summed E-state index contributed by atoms with van der Waals surface area (Å²) in [5.74, 6) is 0.921. The first-order valence-corrected chi connectivity index (χ1v) is 8.57. The van der Waals surface area contributed by atoms with Crippen LogP contribution in [0.4, 0.5) is 0 Å². The summed E-state index contributed by atoms with van der Waals surface area (Å²) in [5, 5.41) is 0.750. The highest BCUT2D eigenvalue weighted by Gasteiger charge is 2.27. The van der Waals surface area contributed by atoms with Crippen LogP contribution in [0.1, 0.15) is 33.1 Å². The maximum Gasteiger partial charge on any atom is 0.236 e. The number of piperidine rings is 1. The molecule has 1 aromatic rings. The van der Waals surface area contributed by atoms with Gasteiger partial charge in [-0.05, 0) is 49.4 Å². The third-order valence-corrected chi connectivity index (χ3v) is 5.32. The molecule has 4 heteroatoms. The maximum absolute atomic E-state index is 12.6. The van der Waals surface area contributed by atoms with Crippen molar-refractivity contribution in [3.05, 3.63) is 29.3 Å². The second kappa shape index (κ2) is 7.37. The number of likely N-dealkylation sites (tertiary alicyclic amines) is 1. The van der Waals surface area contributed by atoms with Crippen LogP contribution in [-0.2, 0) is 4.79 Å². The van der Waals surface area contributed by atoms with E-state index >= 15 is 0 Å². The van der Waals surface area contributed by atoms with Crippen LogP contribution in [0.5, 0.6) is 0 Å². The minimum Gasteiger partial charge on any atom is -0.341 e. The number of amides is 1. The Morgan fingerprint density at radius 2 is 2.15 bits per heavy atom. The minimum atomic E-state index is 0.0153. The summed E-state index contributed by atoms with van der Waals surface area (Å²) in [4.78, 5) is 15.8. The fourth-order valence-electron chi connectivity index (χ4n) is 2.58. The molecule has 0 spiro atoms. The summed E-state index contributed by atoms with van der Waals surface area (Å²) in [6, 6.07) is 7.73. The third-order valence-electron chi connectivity index (χ3n) is 3.71. The Morgan fingerprint density at radius 1 is 1.45 bits per heavy atom. The second-order valence-corrected chi connectivity index (χ2v) is 7.21. The van der Waals surface area contributed by atoms with Crippen molar-refractivity contribution in [2.75, 3.05) is 13.1 Å². The summed E-state index contributed by atoms with van der Waals surface area (Å²) in [5.41, 5.74) is 0. The van der Waals surface area contributed by atoms with Crippen molar-refractivity contribution in [2.45, 2.75) is 43.3 Å². The van der Waals surface area contributed by atoms with E-state index in [0.29, 0.717) is 11.8 Å². The minimum absolute atomic E-state index is 0.0153. The van der Waals surface area contributed by atoms with E-state index in [1.54, 1.807) is 11.8 Å². The predicted molar refractivity (Wildman–Crippen MR) is 86.4 cm³/mol.